The lowest BCUT2D eigenvalue weighted by Gasteiger charge is -2.26. The highest BCUT2D eigenvalue weighted by Gasteiger charge is 2.45. The molecule has 1 saturated heterocycles. The van der Waals surface area contributed by atoms with Gasteiger partial charge in [0.25, 0.3) is 11.7 Å². The minimum atomic E-state index is -0.668. The zero-order valence-corrected chi connectivity index (χ0v) is 22.9. The van der Waals surface area contributed by atoms with Gasteiger partial charge in [-0.25, -0.2) is 0 Å². The lowest BCUT2D eigenvalue weighted by atomic mass is 9.94. The molecule has 1 heterocycles. The van der Waals surface area contributed by atoms with E-state index < -0.39 is 17.7 Å². The molecule has 1 aliphatic heterocycles. The molecule has 1 aliphatic rings. The molecule has 1 amide bonds. The Morgan fingerprint density at radius 3 is 2.38 bits per heavy atom. The molecule has 6 nitrogen and oxygen atoms in total. The molecule has 0 aromatic heterocycles. The standard InChI is InChI=1S/C30H31BrN2O4/c1-20-18-24(37-19-21-8-5-4-6-9-21)14-15-25(20)28(34)26-27(22-10-12-23(31)13-11-22)33(30(36)29(26)35)17-7-16-32(2)3/h4-6,8-15,18,27,34H,7,16-17,19H2,1-3H3/t27-/m1/s1. The largest absolute Gasteiger partial charge is 0.507 e. The van der Waals surface area contributed by atoms with Crippen molar-refractivity contribution in [2.45, 2.75) is 26.0 Å². The number of ether oxygens (including phenoxy) is 1. The van der Waals surface area contributed by atoms with Crippen molar-refractivity contribution in [3.05, 3.63) is 105 Å². The lowest BCUT2D eigenvalue weighted by Crippen LogP contribution is -2.32. The number of Topliss-reactive ketones (excluding diaryl/α,β-unsaturated/α-hetero) is 1. The van der Waals surface area contributed by atoms with E-state index >= 15 is 0 Å². The fraction of sp³-hybridized carbons (Fsp3) is 0.267. The Morgan fingerprint density at radius 1 is 1.03 bits per heavy atom. The van der Waals surface area contributed by atoms with Gasteiger partial charge in [-0.1, -0.05) is 58.4 Å². The van der Waals surface area contributed by atoms with E-state index in [2.05, 4.69) is 15.9 Å². The van der Waals surface area contributed by atoms with Crippen molar-refractivity contribution in [3.63, 3.8) is 0 Å². The summed E-state index contributed by atoms with van der Waals surface area (Å²) in [6, 6.07) is 22.0. The molecule has 192 valence electrons. The van der Waals surface area contributed by atoms with Crippen LogP contribution in [0.15, 0.2) is 82.8 Å². The topological polar surface area (TPSA) is 70.1 Å². The molecule has 1 atom stereocenters. The fourth-order valence-electron chi connectivity index (χ4n) is 4.54. The summed E-state index contributed by atoms with van der Waals surface area (Å²) in [5, 5.41) is 11.4. The number of benzene rings is 3. The predicted molar refractivity (Wildman–Crippen MR) is 148 cm³/mol. The van der Waals surface area contributed by atoms with Gasteiger partial charge in [-0.15, -0.1) is 0 Å². The van der Waals surface area contributed by atoms with Gasteiger partial charge in [0.15, 0.2) is 0 Å². The molecule has 3 aromatic carbocycles. The first-order valence-corrected chi connectivity index (χ1v) is 13.0. The van der Waals surface area contributed by atoms with Crippen molar-refractivity contribution >= 4 is 33.4 Å². The van der Waals surface area contributed by atoms with E-state index in [1.807, 2.05) is 86.6 Å². The molecule has 37 heavy (non-hydrogen) atoms. The van der Waals surface area contributed by atoms with Crippen LogP contribution in [0.3, 0.4) is 0 Å². The highest BCUT2D eigenvalue weighted by atomic mass is 79.9. The number of hydrogen-bond acceptors (Lipinski definition) is 5. The van der Waals surface area contributed by atoms with Crippen molar-refractivity contribution in [1.29, 1.82) is 0 Å². The molecule has 0 aliphatic carbocycles. The number of ketones is 1. The monoisotopic (exact) mass is 562 g/mol. The van der Waals surface area contributed by atoms with E-state index in [1.54, 1.807) is 17.0 Å². The van der Waals surface area contributed by atoms with Crippen LogP contribution in [0.4, 0.5) is 0 Å². The van der Waals surface area contributed by atoms with Gasteiger partial charge in [0.05, 0.1) is 11.6 Å². The second-order valence-corrected chi connectivity index (χ2v) is 10.4. The molecule has 3 aromatic rings. The Labute approximate surface area is 226 Å². The van der Waals surface area contributed by atoms with Gasteiger partial charge in [-0.05, 0) is 81.0 Å². The third-order valence-electron chi connectivity index (χ3n) is 6.43. The summed E-state index contributed by atoms with van der Waals surface area (Å²) in [4.78, 5) is 30.0. The van der Waals surface area contributed by atoms with Crippen molar-refractivity contribution in [2.24, 2.45) is 0 Å². The second-order valence-electron chi connectivity index (χ2n) is 9.45. The molecule has 1 fully saturated rings. The minimum absolute atomic E-state index is 0.109. The molecular weight excluding hydrogens is 532 g/mol. The highest BCUT2D eigenvalue weighted by molar-refractivity contribution is 9.10. The number of carbonyl (C=O) groups is 2. The Hall–Kier alpha value is -3.42. The van der Waals surface area contributed by atoms with Crippen LogP contribution < -0.4 is 4.74 Å². The van der Waals surface area contributed by atoms with E-state index in [-0.39, 0.29) is 11.3 Å². The second kappa shape index (κ2) is 11.8. The smallest absolute Gasteiger partial charge is 0.295 e. The first kappa shape index (κ1) is 26.6. The van der Waals surface area contributed by atoms with Gasteiger partial charge in [0, 0.05) is 16.6 Å². The van der Waals surface area contributed by atoms with E-state index in [4.69, 9.17) is 4.74 Å². The van der Waals surface area contributed by atoms with Crippen LogP contribution in [0.2, 0.25) is 0 Å². The quantitative estimate of drug-likeness (QED) is 0.205. The molecule has 0 bridgehead atoms. The first-order valence-electron chi connectivity index (χ1n) is 12.2. The average Bonchev–Trinajstić information content (AvgIpc) is 3.13. The van der Waals surface area contributed by atoms with Crippen molar-refractivity contribution in [3.8, 4) is 5.75 Å². The van der Waals surface area contributed by atoms with Gasteiger partial charge in [0.2, 0.25) is 0 Å². The number of rotatable bonds is 9. The maximum absolute atomic E-state index is 13.3. The minimum Gasteiger partial charge on any atom is -0.507 e. The Balaban J connectivity index is 1.68. The van der Waals surface area contributed by atoms with Crippen molar-refractivity contribution in [2.75, 3.05) is 27.2 Å². The normalized spacial score (nSPS) is 17.0. The maximum Gasteiger partial charge on any atom is 0.295 e. The maximum atomic E-state index is 13.3. The lowest BCUT2D eigenvalue weighted by molar-refractivity contribution is -0.139. The number of hydrogen-bond donors (Lipinski definition) is 1. The number of amides is 1. The number of likely N-dealkylation sites (tertiary alicyclic amines) is 1. The van der Waals surface area contributed by atoms with Crippen LogP contribution in [0, 0.1) is 6.92 Å². The van der Waals surface area contributed by atoms with Crippen LogP contribution in [0.5, 0.6) is 5.75 Å². The molecule has 1 N–H and O–H groups in total. The van der Waals surface area contributed by atoms with Crippen LogP contribution in [0.1, 0.15) is 34.7 Å². The molecule has 4 rings (SSSR count). The number of halogens is 1. The molecular formula is C30H31BrN2O4. The van der Waals surface area contributed by atoms with Crippen LogP contribution in [0.25, 0.3) is 5.76 Å². The van der Waals surface area contributed by atoms with Crippen molar-refractivity contribution < 1.29 is 19.4 Å². The van der Waals surface area contributed by atoms with Gasteiger partial charge < -0.3 is 19.6 Å². The molecule has 0 radical (unpaired) electrons. The Morgan fingerprint density at radius 2 is 1.73 bits per heavy atom. The summed E-state index contributed by atoms with van der Waals surface area (Å²) in [5.41, 5.74) is 3.18. The molecule has 0 spiro atoms. The average molecular weight is 563 g/mol. The van der Waals surface area contributed by atoms with Gasteiger partial charge in [-0.3, -0.25) is 9.59 Å². The molecule has 0 unspecified atom stereocenters. The summed E-state index contributed by atoms with van der Waals surface area (Å²) in [5.74, 6) is -0.771. The van der Waals surface area contributed by atoms with Crippen LogP contribution in [-0.2, 0) is 16.2 Å². The first-order chi connectivity index (χ1) is 17.8. The van der Waals surface area contributed by atoms with E-state index in [9.17, 15) is 14.7 Å². The SMILES string of the molecule is Cc1cc(OCc2ccccc2)ccc1C(O)=C1C(=O)C(=O)N(CCCN(C)C)[C@@H]1c1ccc(Br)cc1. The summed E-state index contributed by atoms with van der Waals surface area (Å²) >= 11 is 3.45. The number of carbonyl (C=O) groups excluding carboxylic acids is 2. The zero-order valence-electron chi connectivity index (χ0n) is 21.3. The van der Waals surface area contributed by atoms with Crippen LogP contribution >= 0.6 is 15.9 Å². The Kier molecular flexibility index (Phi) is 8.46. The van der Waals surface area contributed by atoms with Crippen molar-refractivity contribution in [1.82, 2.24) is 9.80 Å². The third kappa shape index (κ3) is 6.12. The predicted octanol–water partition coefficient (Wildman–Crippen LogP) is 5.71. The van der Waals surface area contributed by atoms with E-state index in [0.29, 0.717) is 30.9 Å². The third-order valence-corrected chi connectivity index (χ3v) is 6.96. The summed E-state index contributed by atoms with van der Waals surface area (Å²) in [6.45, 7) is 3.46. The summed E-state index contributed by atoms with van der Waals surface area (Å²) < 4.78 is 6.81. The van der Waals surface area contributed by atoms with Crippen LogP contribution in [-0.4, -0.2) is 53.8 Å². The van der Waals surface area contributed by atoms with Gasteiger partial charge in [-0.2, -0.15) is 0 Å². The number of aryl methyl sites for hydroxylation is 1. The molecule has 0 saturated carbocycles. The molecule has 7 heteroatoms. The fourth-order valence-corrected chi connectivity index (χ4v) is 4.80. The summed E-state index contributed by atoms with van der Waals surface area (Å²) in [7, 11) is 3.94. The van der Waals surface area contributed by atoms with E-state index in [0.717, 1.165) is 27.7 Å². The highest BCUT2D eigenvalue weighted by Crippen LogP contribution is 2.40. The number of nitrogens with zero attached hydrogens (tertiary/aromatic N) is 2. The van der Waals surface area contributed by atoms with Gasteiger partial charge in [0.1, 0.15) is 18.1 Å². The zero-order chi connectivity index (χ0) is 26.5. The van der Waals surface area contributed by atoms with E-state index in [1.165, 1.54) is 0 Å². The summed E-state index contributed by atoms with van der Waals surface area (Å²) in [6.07, 6.45) is 0.708. The number of aliphatic hydroxyl groups is 1. The number of aliphatic hydroxyl groups excluding tert-OH is 1. The van der Waals surface area contributed by atoms with Gasteiger partial charge >= 0.3 is 0 Å². The Bertz CT molecular complexity index is 1300.